The van der Waals surface area contributed by atoms with Gasteiger partial charge in [-0.15, -0.1) is 0 Å². The highest BCUT2D eigenvalue weighted by molar-refractivity contribution is 5.75. The molecule has 4 rings (SSSR count). The predicted molar refractivity (Wildman–Crippen MR) is 96.5 cm³/mol. The van der Waals surface area contributed by atoms with Gasteiger partial charge >= 0.3 is 6.03 Å². The van der Waals surface area contributed by atoms with E-state index in [4.69, 9.17) is 0 Å². The Kier molecular flexibility index (Phi) is 4.50. The van der Waals surface area contributed by atoms with Gasteiger partial charge in [0.1, 0.15) is 5.82 Å². The average molecular weight is 337 g/mol. The molecular weight excluding hydrogens is 314 g/mol. The molecule has 0 spiro atoms. The molecule has 2 amide bonds. The maximum Gasteiger partial charge on any atom is 0.318 e. The highest BCUT2D eigenvalue weighted by Crippen LogP contribution is 2.29. The molecule has 0 unspecified atom stereocenters. The first-order valence-corrected chi connectivity index (χ1v) is 8.95. The Morgan fingerprint density at radius 3 is 2.76 bits per heavy atom. The third-order valence-corrected chi connectivity index (χ3v) is 5.11. The lowest BCUT2D eigenvalue weighted by Gasteiger charge is -2.36. The Labute approximate surface area is 147 Å². The number of aryl methyl sites for hydroxylation is 1. The molecule has 1 aromatic heterocycles. The van der Waals surface area contributed by atoms with Crippen LogP contribution in [0.4, 0.5) is 10.6 Å². The van der Waals surface area contributed by atoms with Crippen molar-refractivity contribution in [1.82, 2.24) is 20.2 Å². The van der Waals surface area contributed by atoms with Gasteiger partial charge in [-0.1, -0.05) is 24.3 Å². The lowest BCUT2D eigenvalue weighted by molar-refractivity contribution is 0.189. The van der Waals surface area contributed by atoms with Crippen molar-refractivity contribution in [1.29, 1.82) is 0 Å². The van der Waals surface area contributed by atoms with Gasteiger partial charge in [0, 0.05) is 38.6 Å². The topological polar surface area (TPSA) is 61.4 Å². The molecule has 2 aliphatic rings. The van der Waals surface area contributed by atoms with Gasteiger partial charge in [-0.05, 0) is 30.4 Å². The first kappa shape index (κ1) is 15.9. The van der Waals surface area contributed by atoms with Crippen molar-refractivity contribution in [3.8, 4) is 0 Å². The van der Waals surface area contributed by atoms with E-state index in [-0.39, 0.29) is 12.1 Å². The molecule has 0 bridgehead atoms. The van der Waals surface area contributed by atoms with Crippen LogP contribution in [0.1, 0.15) is 30.0 Å². The summed E-state index contributed by atoms with van der Waals surface area (Å²) < 4.78 is 0. The van der Waals surface area contributed by atoms with Gasteiger partial charge in [0.15, 0.2) is 0 Å². The molecule has 1 saturated heterocycles. The number of rotatable bonds is 2. The Morgan fingerprint density at radius 1 is 1.12 bits per heavy atom. The SMILES string of the molecule is O=C(N[C@@H]1CCCc2ccccc21)N1CCN(c2cnccn2)CC1. The van der Waals surface area contributed by atoms with Crippen LogP contribution in [-0.4, -0.2) is 47.1 Å². The summed E-state index contributed by atoms with van der Waals surface area (Å²) in [6, 6.07) is 8.63. The number of nitrogens with one attached hydrogen (secondary N) is 1. The Bertz CT molecular complexity index is 728. The third-order valence-electron chi connectivity index (χ3n) is 5.11. The Balaban J connectivity index is 1.36. The lowest BCUT2D eigenvalue weighted by Crippen LogP contribution is -2.52. The molecule has 1 N–H and O–H groups in total. The minimum absolute atomic E-state index is 0.0421. The molecule has 2 heterocycles. The summed E-state index contributed by atoms with van der Waals surface area (Å²) in [5, 5.41) is 3.24. The summed E-state index contributed by atoms with van der Waals surface area (Å²) in [4.78, 5) is 25.2. The minimum Gasteiger partial charge on any atom is -0.352 e. The molecule has 6 heteroatoms. The maximum absolute atomic E-state index is 12.7. The van der Waals surface area contributed by atoms with Crippen molar-refractivity contribution in [2.75, 3.05) is 31.1 Å². The number of carbonyl (C=O) groups is 1. The summed E-state index contributed by atoms with van der Waals surface area (Å²) in [5.74, 6) is 0.878. The van der Waals surface area contributed by atoms with Crippen LogP contribution in [0.5, 0.6) is 0 Å². The lowest BCUT2D eigenvalue weighted by atomic mass is 9.88. The van der Waals surface area contributed by atoms with Crippen molar-refractivity contribution in [2.45, 2.75) is 25.3 Å². The fraction of sp³-hybridized carbons (Fsp3) is 0.421. The molecule has 2 aromatic rings. The van der Waals surface area contributed by atoms with Crippen molar-refractivity contribution in [2.24, 2.45) is 0 Å². The number of benzene rings is 1. The quantitative estimate of drug-likeness (QED) is 0.914. The van der Waals surface area contributed by atoms with Crippen LogP contribution in [0.3, 0.4) is 0 Å². The molecule has 1 aliphatic carbocycles. The zero-order valence-electron chi connectivity index (χ0n) is 14.3. The van der Waals surface area contributed by atoms with E-state index in [0.29, 0.717) is 13.1 Å². The summed E-state index contributed by atoms with van der Waals surface area (Å²) in [7, 11) is 0. The molecule has 1 atom stereocenters. The van der Waals surface area contributed by atoms with Crippen molar-refractivity contribution in [3.05, 3.63) is 54.0 Å². The first-order valence-electron chi connectivity index (χ1n) is 8.95. The van der Waals surface area contributed by atoms with E-state index in [0.717, 1.165) is 38.2 Å². The second kappa shape index (κ2) is 7.09. The summed E-state index contributed by atoms with van der Waals surface area (Å²) in [6.07, 6.45) is 8.41. The number of amides is 2. The smallest absolute Gasteiger partial charge is 0.318 e. The second-order valence-corrected chi connectivity index (χ2v) is 6.63. The largest absolute Gasteiger partial charge is 0.352 e. The van der Waals surface area contributed by atoms with Gasteiger partial charge in [-0.3, -0.25) is 4.98 Å². The number of hydrogen-bond donors (Lipinski definition) is 1. The predicted octanol–water partition coefficient (Wildman–Crippen LogP) is 2.39. The van der Waals surface area contributed by atoms with Crippen LogP contribution in [0.15, 0.2) is 42.9 Å². The molecule has 1 aliphatic heterocycles. The van der Waals surface area contributed by atoms with Crippen LogP contribution >= 0.6 is 0 Å². The molecule has 1 fully saturated rings. The zero-order chi connectivity index (χ0) is 17.1. The van der Waals surface area contributed by atoms with E-state index < -0.39 is 0 Å². The third kappa shape index (κ3) is 3.43. The molecule has 25 heavy (non-hydrogen) atoms. The second-order valence-electron chi connectivity index (χ2n) is 6.63. The molecule has 0 radical (unpaired) electrons. The number of urea groups is 1. The van der Waals surface area contributed by atoms with Crippen LogP contribution in [0.2, 0.25) is 0 Å². The van der Waals surface area contributed by atoms with Gasteiger partial charge in [-0.25, -0.2) is 9.78 Å². The normalized spacial score (nSPS) is 20.1. The van der Waals surface area contributed by atoms with Crippen LogP contribution in [0, 0.1) is 0 Å². The standard InChI is InChI=1S/C19H23N5O/c25-19(22-17-7-3-5-15-4-1-2-6-16(15)17)24-12-10-23(11-13-24)18-14-20-8-9-21-18/h1-2,4,6,8-9,14,17H,3,5,7,10-13H2,(H,22,25)/t17-/m1/s1. The number of anilines is 1. The maximum atomic E-state index is 12.7. The number of aromatic nitrogens is 2. The zero-order valence-corrected chi connectivity index (χ0v) is 14.3. The van der Waals surface area contributed by atoms with Crippen LogP contribution in [0.25, 0.3) is 0 Å². The number of piperazine rings is 1. The van der Waals surface area contributed by atoms with Gasteiger partial charge < -0.3 is 15.1 Å². The monoisotopic (exact) mass is 337 g/mol. The van der Waals surface area contributed by atoms with Crippen molar-refractivity contribution in [3.63, 3.8) is 0 Å². The van der Waals surface area contributed by atoms with Gasteiger partial charge in [-0.2, -0.15) is 0 Å². The van der Waals surface area contributed by atoms with E-state index in [2.05, 4.69) is 44.5 Å². The number of nitrogens with zero attached hydrogens (tertiary/aromatic N) is 4. The Hall–Kier alpha value is -2.63. The molecular formula is C19H23N5O. The number of carbonyl (C=O) groups excluding carboxylic acids is 1. The Morgan fingerprint density at radius 2 is 1.96 bits per heavy atom. The van der Waals surface area contributed by atoms with E-state index in [1.807, 2.05) is 4.90 Å². The molecule has 0 saturated carbocycles. The number of fused-ring (bicyclic) bond motifs is 1. The van der Waals surface area contributed by atoms with Crippen LogP contribution in [-0.2, 0) is 6.42 Å². The summed E-state index contributed by atoms with van der Waals surface area (Å²) in [6.45, 7) is 2.98. The number of hydrogen-bond acceptors (Lipinski definition) is 4. The van der Waals surface area contributed by atoms with Crippen LogP contribution < -0.4 is 10.2 Å². The fourth-order valence-electron chi connectivity index (χ4n) is 3.74. The minimum atomic E-state index is 0.0421. The average Bonchev–Trinajstić information content (AvgIpc) is 2.69. The highest BCUT2D eigenvalue weighted by Gasteiger charge is 2.26. The highest BCUT2D eigenvalue weighted by atomic mass is 16.2. The van der Waals surface area contributed by atoms with Gasteiger partial charge in [0.2, 0.25) is 0 Å². The van der Waals surface area contributed by atoms with Crippen molar-refractivity contribution >= 4 is 11.8 Å². The molecule has 1 aromatic carbocycles. The molecule has 6 nitrogen and oxygen atoms in total. The van der Waals surface area contributed by atoms with Gasteiger partial charge in [0.05, 0.1) is 12.2 Å². The van der Waals surface area contributed by atoms with E-state index >= 15 is 0 Å². The summed E-state index contributed by atoms with van der Waals surface area (Å²) >= 11 is 0. The van der Waals surface area contributed by atoms with E-state index in [9.17, 15) is 4.79 Å². The van der Waals surface area contributed by atoms with E-state index in [1.54, 1.807) is 18.6 Å². The van der Waals surface area contributed by atoms with Crippen molar-refractivity contribution < 1.29 is 4.79 Å². The van der Waals surface area contributed by atoms with E-state index in [1.165, 1.54) is 11.1 Å². The summed E-state index contributed by atoms with van der Waals surface area (Å²) in [5.41, 5.74) is 2.65. The molecule has 130 valence electrons. The van der Waals surface area contributed by atoms with Gasteiger partial charge in [0.25, 0.3) is 0 Å². The first-order chi connectivity index (χ1) is 12.3. The fourth-order valence-corrected chi connectivity index (χ4v) is 3.74.